The van der Waals surface area contributed by atoms with Crippen molar-refractivity contribution in [3.63, 3.8) is 0 Å². The summed E-state index contributed by atoms with van der Waals surface area (Å²) in [6.45, 7) is 6.55. The van der Waals surface area contributed by atoms with Crippen LogP contribution in [0.1, 0.15) is 13.3 Å². The molecular formula is C6H12O. The number of ether oxygens (including phenoxy) is 1. The van der Waals surface area contributed by atoms with E-state index in [-0.39, 0.29) is 0 Å². The predicted octanol–water partition coefficient (Wildman–Crippen LogP) is 1.65. The smallest absolute Gasteiger partial charge is 0.0700 e. The molecule has 0 saturated carbocycles. The van der Waals surface area contributed by atoms with Crippen LogP contribution in [0.3, 0.4) is 0 Å². The molecule has 0 heterocycles. The fraction of sp³-hybridized carbons (Fsp3) is 0.667. The maximum absolute atomic E-state index is 4.56. The van der Waals surface area contributed by atoms with Crippen LogP contribution in [-0.2, 0) is 4.74 Å². The van der Waals surface area contributed by atoms with Gasteiger partial charge in [-0.3, -0.25) is 0 Å². The van der Waals surface area contributed by atoms with Crippen LogP contribution in [0, 0.1) is 20.0 Å². The molecule has 0 rings (SSSR count). The third kappa shape index (κ3) is 5.96. The molecule has 0 bridgehead atoms. The summed E-state index contributed by atoms with van der Waals surface area (Å²) in [7, 11) is 3.23. The zero-order valence-electron chi connectivity index (χ0n) is 4.81. The highest BCUT2D eigenvalue weighted by Crippen LogP contribution is 1.96. The zero-order valence-corrected chi connectivity index (χ0v) is 4.81. The number of rotatable bonds is 3. The zero-order chi connectivity index (χ0) is 5.70. The van der Waals surface area contributed by atoms with Crippen LogP contribution >= 0.6 is 0 Å². The van der Waals surface area contributed by atoms with Gasteiger partial charge in [0.15, 0.2) is 0 Å². The Morgan fingerprint density at radius 3 is 2.43 bits per heavy atom. The fourth-order valence-electron chi connectivity index (χ4n) is 0.285. The Hall–Kier alpha value is -0.0400. The Labute approximate surface area is 45.7 Å². The molecule has 0 fully saturated rings. The molecule has 1 unspecified atom stereocenters. The van der Waals surface area contributed by atoms with Crippen molar-refractivity contribution in [2.24, 2.45) is 5.92 Å². The summed E-state index contributed by atoms with van der Waals surface area (Å²) in [5.74, 6) is 0.488. The molecule has 0 aliphatic carbocycles. The molecule has 1 nitrogen and oxygen atoms in total. The van der Waals surface area contributed by atoms with E-state index in [1.807, 2.05) is 0 Å². The van der Waals surface area contributed by atoms with Crippen molar-refractivity contribution in [3.05, 3.63) is 14.0 Å². The van der Waals surface area contributed by atoms with E-state index in [1.54, 1.807) is 0 Å². The summed E-state index contributed by atoms with van der Waals surface area (Å²) in [5, 5.41) is 0. The Kier molecular flexibility index (Phi) is 4.10. The van der Waals surface area contributed by atoms with Crippen molar-refractivity contribution in [2.75, 3.05) is 6.61 Å². The first-order valence-electron chi connectivity index (χ1n) is 2.47. The summed E-state index contributed by atoms with van der Waals surface area (Å²) in [6.07, 6.45) is 1.00. The van der Waals surface area contributed by atoms with E-state index >= 15 is 0 Å². The van der Waals surface area contributed by atoms with E-state index in [1.165, 1.54) is 0 Å². The van der Waals surface area contributed by atoms with Gasteiger partial charge in [0.1, 0.15) is 0 Å². The van der Waals surface area contributed by atoms with Gasteiger partial charge >= 0.3 is 0 Å². The standard InChI is InChI=1S/C6H12O/c1-6(2)4-5-7-3/h6H,1,3-5H2,2H3. The van der Waals surface area contributed by atoms with E-state index in [0.29, 0.717) is 5.92 Å². The third-order valence-electron chi connectivity index (χ3n) is 0.755. The highest BCUT2D eigenvalue weighted by Gasteiger charge is 1.89. The van der Waals surface area contributed by atoms with E-state index in [0.717, 1.165) is 13.0 Å². The van der Waals surface area contributed by atoms with Gasteiger partial charge in [0.2, 0.25) is 0 Å². The first kappa shape index (κ1) is 6.96. The molecule has 42 valence electrons. The third-order valence-corrected chi connectivity index (χ3v) is 0.755. The molecule has 1 atom stereocenters. The lowest BCUT2D eigenvalue weighted by Crippen LogP contribution is -1.93. The van der Waals surface area contributed by atoms with Gasteiger partial charge in [0, 0.05) is 6.61 Å². The minimum Gasteiger partial charge on any atom is -0.379 e. The molecule has 0 N–H and O–H groups in total. The Balaban J connectivity index is 2.68. The summed E-state index contributed by atoms with van der Waals surface area (Å²) in [4.78, 5) is 0. The summed E-state index contributed by atoms with van der Waals surface area (Å²) in [5.41, 5.74) is 0. The Morgan fingerprint density at radius 2 is 2.29 bits per heavy atom. The molecule has 0 aromatic carbocycles. The molecule has 2 radical (unpaired) electrons. The highest BCUT2D eigenvalue weighted by molar-refractivity contribution is 4.51. The first-order chi connectivity index (χ1) is 3.27. The molecule has 0 aliphatic heterocycles. The Bertz CT molecular complexity index is 33.2. The van der Waals surface area contributed by atoms with E-state index in [2.05, 4.69) is 25.7 Å². The second-order valence-corrected chi connectivity index (χ2v) is 1.80. The minimum absolute atomic E-state index is 0.488. The molecule has 0 aromatic heterocycles. The van der Waals surface area contributed by atoms with Crippen LogP contribution in [0.4, 0.5) is 0 Å². The van der Waals surface area contributed by atoms with Gasteiger partial charge in [0.05, 0.1) is 7.11 Å². The summed E-state index contributed by atoms with van der Waals surface area (Å²) < 4.78 is 4.56. The lowest BCUT2D eigenvalue weighted by atomic mass is 10.1. The first-order valence-corrected chi connectivity index (χ1v) is 2.47. The topological polar surface area (TPSA) is 9.23 Å². The average Bonchev–Trinajstić information content (AvgIpc) is 1.61. The van der Waals surface area contributed by atoms with Gasteiger partial charge < -0.3 is 4.74 Å². The van der Waals surface area contributed by atoms with Crippen LogP contribution in [0.5, 0.6) is 0 Å². The van der Waals surface area contributed by atoms with Crippen molar-refractivity contribution in [1.29, 1.82) is 0 Å². The fourth-order valence-corrected chi connectivity index (χ4v) is 0.285. The molecule has 0 spiro atoms. The van der Waals surface area contributed by atoms with Gasteiger partial charge in [-0.25, -0.2) is 0 Å². The highest BCUT2D eigenvalue weighted by atomic mass is 16.5. The van der Waals surface area contributed by atoms with E-state index in [4.69, 9.17) is 0 Å². The largest absolute Gasteiger partial charge is 0.379 e. The van der Waals surface area contributed by atoms with Gasteiger partial charge in [-0.2, -0.15) is 0 Å². The molecule has 0 aliphatic rings. The van der Waals surface area contributed by atoms with Crippen LogP contribution in [0.2, 0.25) is 0 Å². The molecule has 0 amide bonds. The van der Waals surface area contributed by atoms with Gasteiger partial charge in [0.25, 0.3) is 0 Å². The molecule has 1 heteroatoms. The number of hydrogen-bond acceptors (Lipinski definition) is 1. The van der Waals surface area contributed by atoms with E-state index in [9.17, 15) is 0 Å². The van der Waals surface area contributed by atoms with Crippen molar-refractivity contribution in [2.45, 2.75) is 13.3 Å². The second kappa shape index (κ2) is 4.13. The lowest BCUT2D eigenvalue weighted by molar-refractivity contribution is 0.226. The summed E-state index contributed by atoms with van der Waals surface area (Å²) in [6, 6.07) is 0. The lowest BCUT2D eigenvalue weighted by Gasteiger charge is -1.99. The van der Waals surface area contributed by atoms with Crippen LogP contribution in [0.25, 0.3) is 0 Å². The van der Waals surface area contributed by atoms with Gasteiger partial charge in [-0.15, -0.1) is 0 Å². The van der Waals surface area contributed by atoms with Crippen molar-refractivity contribution >= 4 is 0 Å². The number of hydrogen-bond donors (Lipinski definition) is 0. The minimum atomic E-state index is 0.488. The molecule has 7 heavy (non-hydrogen) atoms. The molecule has 0 saturated heterocycles. The predicted molar refractivity (Wildman–Crippen MR) is 30.4 cm³/mol. The van der Waals surface area contributed by atoms with Crippen LogP contribution in [-0.4, -0.2) is 6.61 Å². The van der Waals surface area contributed by atoms with E-state index < -0.39 is 0 Å². The SMILES string of the molecule is [CH2]OCCC([CH2])C. The molecular weight excluding hydrogens is 88.1 g/mol. The van der Waals surface area contributed by atoms with Crippen molar-refractivity contribution in [1.82, 2.24) is 0 Å². The van der Waals surface area contributed by atoms with Crippen LogP contribution < -0.4 is 0 Å². The van der Waals surface area contributed by atoms with Gasteiger partial charge in [-0.05, 0) is 12.3 Å². The summed E-state index contributed by atoms with van der Waals surface area (Å²) >= 11 is 0. The van der Waals surface area contributed by atoms with Crippen molar-refractivity contribution in [3.8, 4) is 0 Å². The normalized spacial score (nSPS) is 10.3. The Morgan fingerprint density at radius 1 is 1.71 bits per heavy atom. The quantitative estimate of drug-likeness (QED) is 0.524. The molecule has 0 aromatic rings. The van der Waals surface area contributed by atoms with Gasteiger partial charge in [-0.1, -0.05) is 13.8 Å². The average molecular weight is 100 g/mol. The van der Waals surface area contributed by atoms with Crippen LogP contribution in [0.15, 0.2) is 0 Å². The maximum Gasteiger partial charge on any atom is 0.0700 e. The maximum atomic E-state index is 4.56. The monoisotopic (exact) mass is 100 g/mol. The van der Waals surface area contributed by atoms with Crippen molar-refractivity contribution < 1.29 is 4.74 Å². The second-order valence-electron chi connectivity index (χ2n) is 1.80.